The molecule has 1 aromatic carbocycles. The number of nitrogens with one attached hydrogen (secondary N) is 1. The van der Waals surface area contributed by atoms with Crippen LogP contribution in [0, 0.1) is 13.8 Å². The van der Waals surface area contributed by atoms with Crippen LogP contribution in [0.2, 0.25) is 0 Å². The summed E-state index contributed by atoms with van der Waals surface area (Å²) in [5, 5.41) is 3.56. The number of aryl methyl sites for hydroxylation is 2. The molecule has 112 valence electrons. The second-order valence-corrected chi connectivity index (χ2v) is 5.73. The van der Waals surface area contributed by atoms with Crippen LogP contribution in [0.5, 0.6) is 0 Å². The number of aromatic nitrogens is 1. The van der Waals surface area contributed by atoms with Gasteiger partial charge in [-0.2, -0.15) is 0 Å². The van der Waals surface area contributed by atoms with Crippen molar-refractivity contribution in [1.29, 1.82) is 0 Å². The number of nitrogen functional groups attached to an aromatic ring is 1. The minimum atomic E-state index is 0.377. The molecule has 0 radical (unpaired) electrons. The fourth-order valence-corrected chi connectivity index (χ4v) is 2.85. The zero-order valence-corrected chi connectivity index (χ0v) is 13.2. The number of anilines is 1. The molecule has 3 nitrogen and oxygen atoms in total. The average molecular weight is 283 g/mol. The Morgan fingerprint density at radius 3 is 2.48 bits per heavy atom. The van der Waals surface area contributed by atoms with Gasteiger partial charge in [0.2, 0.25) is 0 Å². The van der Waals surface area contributed by atoms with Gasteiger partial charge in [-0.25, -0.2) is 0 Å². The van der Waals surface area contributed by atoms with E-state index >= 15 is 0 Å². The van der Waals surface area contributed by atoms with Crippen molar-refractivity contribution in [3.8, 4) is 0 Å². The van der Waals surface area contributed by atoms with Crippen molar-refractivity contribution < 1.29 is 0 Å². The van der Waals surface area contributed by atoms with Gasteiger partial charge in [0.15, 0.2) is 0 Å². The van der Waals surface area contributed by atoms with E-state index in [-0.39, 0.29) is 0 Å². The number of benzene rings is 1. The topological polar surface area (TPSA) is 50.9 Å². The lowest BCUT2D eigenvalue weighted by molar-refractivity contribution is 0.521. The van der Waals surface area contributed by atoms with Crippen molar-refractivity contribution >= 4 is 5.69 Å². The third kappa shape index (κ3) is 4.57. The van der Waals surface area contributed by atoms with E-state index in [0.717, 1.165) is 30.6 Å². The van der Waals surface area contributed by atoms with Gasteiger partial charge in [-0.3, -0.25) is 4.98 Å². The van der Waals surface area contributed by atoms with Crippen LogP contribution in [-0.4, -0.2) is 17.6 Å². The SMILES string of the molecule is CCNC(Cc1cc(C)cc(C)c1)Cc1cnccc1N. The van der Waals surface area contributed by atoms with Crippen molar-refractivity contribution in [3.05, 3.63) is 58.9 Å². The maximum Gasteiger partial charge on any atom is 0.0378 e. The van der Waals surface area contributed by atoms with E-state index in [9.17, 15) is 0 Å². The van der Waals surface area contributed by atoms with E-state index in [4.69, 9.17) is 5.73 Å². The molecule has 0 saturated carbocycles. The van der Waals surface area contributed by atoms with Gasteiger partial charge in [-0.15, -0.1) is 0 Å². The Labute approximate surface area is 127 Å². The first-order chi connectivity index (χ1) is 10.1. The Bertz CT molecular complexity index is 573. The maximum absolute atomic E-state index is 6.04. The molecule has 0 spiro atoms. The van der Waals surface area contributed by atoms with Gasteiger partial charge in [0.05, 0.1) is 0 Å². The summed E-state index contributed by atoms with van der Waals surface area (Å²) in [7, 11) is 0. The summed E-state index contributed by atoms with van der Waals surface area (Å²) in [4.78, 5) is 4.19. The molecule has 21 heavy (non-hydrogen) atoms. The third-order valence-corrected chi connectivity index (χ3v) is 3.66. The summed E-state index contributed by atoms with van der Waals surface area (Å²) in [6.45, 7) is 7.40. The number of nitrogens with zero attached hydrogens (tertiary/aromatic N) is 1. The summed E-state index contributed by atoms with van der Waals surface area (Å²) in [5.41, 5.74) is 12.0. The Hall–Kier alpha value is -1.87. The minimum absolute atomic E-state index is 0.377. The Balaban J connectivity index is 2.13. The number of likely N-dealkylation sites (N-methyl/N-ethyl adjacent to an activating group) is 1. The second-order valence-electron chi connectivity index (χ2n) is 5.73. The van der Waals surface area contributed by atoms with Crippen molar-refractivity contribution in [1.82, 2.24) is 10.3 Å². The molecule has 1 unspecified atom stereocenters. The molecule has 2 rings (SSSR count). The van der Waals surface area contributed by atoms with Crippen LogP contribution in [0.3, 0.4) is 0 Å². The maximum atomic E-state index is 6.04. The van der Waals surface area contributed by atoms with E-state index in [1.54, 1.807) is 6.20 Å². The lowest BCUT2D eigenvalue weighted by Crippen LogP contribution is -2.33. The summed E-state index contributed by atoms with van der Waals surface area (Å²) in [6, 6.07) is 9.00. The van der Waals surface area contributed by atoms with E-state index in [0.29, 0.717) is 6.04 Å². The van der Waals surface area contributed by atoms with Gasteiger partial charge in [-0.1, -0.05) is 36.2 Å². The Kier molecular flexibility index (Phi) is 5.34. The molecular weight excluding hydrogens is 258 g/mol. The first-order valence-corrected chi connectivity index (χ1v) is 7.57. The van der Waals surface area contributed by atoms with Gasteiger partial charge in [0.25, 0.3) is 0 Å². The van der Waals surface area contributed by atoms with Crippen molar-refractivity contribution in [2.24, 2.45) is 0 Å². The molecule has 3 N–H and O–H groups in total. The third-order valence-electron chi connectivity index (χ3n) is 3.66. The number of hydrogen-bond donors (Lipinski definition) is 2. The zero-order valence-electron chi connectivity index (χ0n) is 13.2. The van der Waals surface area contributed by atoms with Crippen molar-refractivity contribution in [3.63, 3.8) is 0 Å². The van der Waals surface area contributed by atoms with E-state index in [1.807, 2.05) is 12.3 Å². The van der Waals surface area contributed by atoms with Gasteiger partial charge >= 0.3 is 0 Å². The number of pyridine rings is 1. The highest BCUT2D eigenvalue weighted by molar-refractivity contribution is 5.44. The standard InChI is InChI=1S/C18H25N3/c1-4-21-17(11-16-12-20-6-5-18(16)19)10-15-8-13(2)7-14(3)9-15/h5-9,12,17,21H,4,10-11H2,1-3H3,(H2,19,20). The van der Waals surface area contributed by atoms with Crippen LogP contribution in [0.15, 0.2) is 36.7 Å². The molecule has 1 atom stereocenters. The molecule has 1 heterocycles. The average Bonchev–Trinajstić information content (AvgIpc) is 2.40. The zero-order chi connectivity index (χ0) is 15.2. The second kappa shape index (κ2) is 7.23. The summed E-state index contributed by atoms with van der Waals surface area (Å²) in [6.07, 6.45) is 5.53. The molecule has 0 bridgehead atoms. The molecule has 2 aromatic rings. The quantitative estimate of drug-likeness (QED) is 0.856. The predicted molar refractivity (Wildman–Crippen MR) is 89.4 cm³/mol. The van der Waals surface area contributed by atoms with Gasteiger partial charge < -0.3 is 11.1 Å². The molecule has 0 amide bonds. The molecule has 3 heteroatoms. The first-order valence-electron chi connectivity index (χ1n) is 7.57. The molecule has 0 aliphatic heterocycles. The lowest BCUT2D eigenvalue weighted by Gasteiger charge is -2.19. The van der Waals surface area contributed by atoms with E-state index in [1.165, 1.54) is 16.7 Å². The van der Waals surface area contributed by atoms with E-state index < -0.39 is 0 Å². The fraction of sp³-hybridized carbons (Fsp3) is 0.389. The molecule has 0 aliphatic rings. The highest BCUT2D eigenvalue weighted by Crippen LogP contribution is 2.16. The smallest absolute Gasteiger partial charge is 0.0378 e. The number of hydrogen-bond acceptors (Lipinski definition) is 3. The van der Waals surface area contributed by atoms with Crippen LogP contribution in [0.1, 0.15) is 29.2 Å². The molecular formula is C18H25N3. The van der Waals surface area contributed by atoms with E-state index in [2.05, 4.69) is 49.3 Å². The van der Waals surface area contributed by atoms with Gasteiger partial charge in [0, 0.05) is 24.1 Å². The van der Waals surface area contributed by atoms with Crippen LogP contribution in [0.4, 0.5) is 5.69 Å². The largest absolute Gasteiger partial charge is 0.398 e. The predicted octanol–water partition coefficient (Wildman–Crippen LogP) is 3.04. The minimum Gasteiger partial charge on any atom is -0.398 e. The Morgan fingerprint density at radius 2 is 1.86 bits per heavy atom. The first kappa shape index (κ1) is 15.5. The fourth-order valence-electron chi connectivity index (χ4n) is 2.85. The molecule has 0 aliphatic carbocycles. The molecule has 0 fully saturated rings. The number of nitrogens with two attached hydrogens (primary N) is 1. The van der Waals surface area contributed by atoms with Crippen LogP contribution >= 0.6 is 0 Å². The van der Waals surface area contributed by atoms with Gasteiger partial charge in [0.1, 0.15) is 0 Å². The van der Waals surface area contributed by atoms with Crippen LogP contribution in [0.25, 0.3) is 0 Å². The summed E-state index contributed by atoms with van der Waals surface area (Å²) in [5.74, 6) is 0. The normalized spacial score (nSPS) is 12.3. The summed E-state index contributed by atoms with van der Waals surface area (Å²) >= 11 is 0. The number of rotatable bonds is 6. The highest BCUT2D eigenvalue weighted by atomic mass is 14.9. The van der Waals surface area contributed by atoms with Crippen LogP contribution < -0.4 is 11.1 Å². The van der Waals surface area contributed by atoms with Crippen LogP contribution in [-0.2, 0) is 12.8 Å². The molecule has 1 aromatic heterocycles. The summed E-state index contributed by atoms with van der Waals surface area (Å²) < 4.78 is 0. The molecule has 0 saturated heterocycles. The monoisotopic (exact) mass is 283 g/mol. The highest BCUT2D eigenvalue weighted by Gasteiger charge is 2.12. The van der Waals surface area contributed by atoms with Crippen molar-refractivity contribution in [2.45, 2.75) is 39.7 Å². The lowest BCUT2D eigenvalue weighted by atomic mass is 9.97. The van der Waals surface area contributed by atoms with Gasteiger partial charge in [-0.05, 0) is 50.4 Å². The Morgan fingerprint density at radius 1 is 1.14 bits per heavy atom. The van der Waals surface area contributed by atoms with Crippen molar-refractivity contribution in [2.75, 3.05) is 12.3 Å².